The Balaban J connectivity index is 2.03. The molecule has 5 nitrogen and oxygen atoms in total. The van der Waals surface area contributed by atoms with E-state index in [1.165, 1.54) is 16.8 Å². The van der Waals surface area contributed by atoms with Crippen molar-refractivity contribution in [2.45, 2.75) is 13.5 Å². The highest BCUT2D eigenvalue weighted by molar-refractivity contribution is 5.94. The molecule has 0 fully saturated rings. The third-order valence-corrected chi connectivity index (χ3v) is 3.50. The van der Waals surface area contributed by atoms with Crippen molar-refractivity contribution < 1.29 is 13.9 Å². The summed E-state index contributed by atoms with van der Waals surface area (Å²) >= 11 is 0. The normalized spacial score (nSPS) is 10.6. The monoisotopic (exact) mass is 325 g/mol. The van der Waals surface area contributed by atoms with Gasteiger partial charge in [0.05, 0.1) is 13.2 Å². The fraction of sp³-hybridized carbons (Fsp3) is 0.167. The molecule has 0 radical (unpaired) electrons. The van der Waals surface area contributed by atoms with Crippen LogP contribution in [0.15, 0.2) is 54.6 Å². The summed E-state index contributed by atoms with van der Waals surface area (Å²) in [5.74, 6) is -0.856. The van der Waals surface area contributed by atoms with Gasteiger partial charge in [-0.05, 0) is 36.8 Å². The van der Waals surface area contributed by atoms with Gasteiger partial charge >= 0.3 is 5.97 Å². The summed E-state index contributed by atoms with van der Waals surface area (Å²) in [6, 6.07) is 15.4. The molecule has 6 heteroatoms. The van der Waals surface area contributed by atoms with Crippen molar-refractivity contribution in [1.82, 2.24) is 15.0 Å². The van der Waals surface area contributed by atoms with Crippen LogP contribution in [-0.4, -0.2) is 27.6 Å². The van der Waals surface area contributed by atoms with Crippen LogP contribution >= 0.6 is 0 Å². The van der Waals surface area contributed by atoms with Crippen LogP contribution in [0.5, 0.6) is 0 Å². The van der Waals surface area contributed by atoms with Crippen molar-refractivity contribution in [3.8, 4) is 11.3 Å². The average molecular weight is 325 g/mol. The Bertz CT molecular complexity index is 829. The van der Waals surface area contributed by atoms with E-state index in [0.717, 1.165) is 5.56 Å². The van der Waals surface area contributed by atoms with Gasteiger partial charge in [0, 0.05) is 5.56 Å². The van der Waals surface area contributed by atoms with Gasteiger partial charge in [0.15, 0.2) is 5.69 Å². The summed E-state index contributed by atoms with van der Waals surface area (Å²) in [6.07, 6.45) is 0. The second-order valence-corrected chi connectivity index (χ2v) is 5.16. The lowest BCUT2D eigenvalue weighted by Crippen LogP contribution is -2.15. The molecule has 0 saturated heterocycles. The van der Waals surface area contributed by atoms with Crippen molar-refractivity contribution in [1.29, 1.82) is 0 Å². The number of aromatic nitrogens is 3. The van der Waals surface area contributed by atoms with Crippen molar-refractivity contribution in [3.05, 3.63) is 71.7 Å². The largest absolute Gasteiger partial charge is 0.461 e. The van der Waals surface area contributed by atoms with Crippen LogP contribution in [0.2, 0.25) is 0 Å². The SMILES string of the molecule is CCOC(=O)c1c(-c2ccc(F)cc2)nnn1Cc1ccccc1. The maximum atomic E-state index is 13.1. The average Bonchev–Trinajstić information content (AvgIpc) is 3.00. The van der Waals surface area contributed by atoms with Crippen LogP contribution in [0.3, 0.4) is 0 Å². The molecule has 1 heterocycles. The lowest BCUT2D eigenvalue weighted by molar-refractivity contribution is 0.0513. The molecule has 0 amide bonds. The zero-order chi connectivity index (χ0) is 16.9. The second kappa shape index (κ2) is 7.04. The van der Waals surface area contributed by atoms with E-state index < -0.39 is 5.97 Å². The quantitative estimate of drug-likeness (QED) is 0.675. The van der Waals surface area contributed by atoms with Gasteiger partial charge in [-0.1, -0.05) is 35.5 Å². The number of nitrogens with zero attached hydrogens (tertiary/aromatic N) is 3. The van der Waals surface area contributed by atoms with Gasteiger partial charge in [0.1, 0.15) is 11.5 Å². The van der Waals surface area contributed by atoms with Crippen molar-refractivity contribution in [3.63, 3.8) is 0 Å². The van der Waals surface area contributed by atoms with E-state index in [0.29, 0.717) is 17.8 Å². The summed E-state index contributed by atoms with van der Waals surface area (Å²) in [5.41, 5.74) is 2.23. The standard InChI is InChI=1S/C18H16FN3O2/c1-2-24-18(23)17-16(14-8-10-15(19)11-9-14)20-21-22(17)12-13-6-4-3-5-7-13/h3-11H,2,12H2,1H3. The Hall–Kier alpha value is -3.02. The van der Waals surface area contributed by atoms with Crippen LogP contribution < -0.4 is 0 Å². The van der Waals surface area contributed by atoms with Gasteiger partial charge in [0.2, 0.25) is 0 Å². The molecule has 2 aromatic carbocycles. The smallest absolute Gasteiger partial charge is 0.358 e. The predicted molar refractivity (Wildman–Crippen MR) is 86.9 cm³/mol. The van der Waals surface area contributed by atoms with Crippen molar-refractivity contribution in [2.24, 2.45) is 0 Å². The highest BCUT2D eigenvalue weighted by Crippen LogP contribution is 2.23. The first-order valence-corrected chi connectivity index (χ1v) is 7.59. The van der Waals surface area contributed by atoms with Crippen molar-refractivity contribution in [2.75, 3.05) is 6.61 Å². The van der Waals surface area contributed by atoms with Gasteiger partial charge in [-0.25, -0.2) is 13.9 Å². The van der Waals surface area contributed by atoms with Crippen LogP contribution in [0.4, 0.5) is 4.39 Å². The minimum absolute atomic E-state index is 0.248. The highest BCUT2D eigenvalue weighted by Gasteiger charge is 2.23. The van der Waals surface area contributed by atoms with Gasteiger partial charge in [-0.2, -0.15) is 0 Å². The van der Waals surface area contributed by atoms with Gasteiger partial charge in [-0.3, -0.25) is 0 Å². The summed E-state index contributed by atoms with van der Waals surface area (Å²) in [6.45, 7) is 2.38. The number of hydrogen-bond acceptors (Lipinski definition) is 4. The molecule has 0 N–H and O–H groups in total. The number of carbonyl (C=O) groups excluding carboxylic acids is 1. The van der Waals surface area contributed by atoms with E-state index >= 15 is 0 Å². The molecule has 0 aliphatic carbocycles. The number of carbonyl (C=O) groups is 1. The maximum Gasteiger partial charge on any atom is 0.358 e. The Morgan fingerprint density at radius 3 is 2.50 bits per heavy atom. The van der Waals surface area contributed by atoms with E-state index in [2.05, 4.69) is 10.3 Å². The molecule has 0 bridgehead atoms. The van der Waals surface area contributed by atoms with E-state index in [9.17, 15) is 9.18 Å². The number of hydrogen-bond donors (Lipinski definition) is 0. The third kappa shape index (κ3) is 3.32. The molecule has 0 aliphatic heterocycles. The summed E-state index contributed by atoms with van der Waals surface area (Å²) in [5, 5.41) is 8.19. The molecule has 0 spiro atoms. The van der Waals surface area contributed by atoms with Gasteiger partial charge < -0.3 is 4.74 Å². The molecule has 122 valence electrons. The fourth-order valence-corrected chi connectivity index (χ4v) is 2.38. The second-order valence-electron chi connectivity index (χ2n) is 5.16. The number of rotatable bonds is 5. The minimum atomic E-state index is -0.502. The highest BCUT2D eigenvalue weighted by atomic mass is 19.1. The Morgan fingerprint density at radius 2 is 1.83 bits per heavy atom. The fourth-order valence-electron chi connectivity index (χ4n) is 2.38. The van der Waals surface area contributed by atoms with E-state index in [1.807, 2.05) is 30.3 Å². The molecule has 0 atom stereocenters. The molecule has 0 unspecified atom stereocenters. The van der Waals surface area contributed by atoms with Crippen LogP contribution in [0.1, 0.15) is 23.0 Å². The minimum Gasteiger partial charge on any atom is -0.461 e. The summed E-state index contributed by atoms with van der Waals surface area (Å²) < 4.78 is 19.8. The zero-order valence-corrected chi connectivity index (χ0v) is 13.1. The molecular weight excluding hydrogens is 309 g/mol. The first-order valence-electron chi connectivity index (χ1n) is 7.59. The summed E-state index contributed by atoms with van der Waals surface area (Å²) in [7, 11) is 0. The molecule has 0 aliphatic rings. The Morgan fingerprint density at radius 1 is 1.12 bits per heavy atom. The molecule has 3 aromatic rings. The Labute approximate surface area is 138 Å². The molecule has 1 aromatic heterocycles. The lowest BCUT2D eigenvalue weighted by atomic mass is 10.1. The molecule has 0 saturated carbocycles. The van der Waals surface area contributed by atoms with Gasteiger partial charge in [-0.15, -0.1) is 5.10 Å². The lowest BCUT2D eigenvalue weighted by Gasteiger charge is -2.08. The first-order chi connectivity index (χ1) is 11.7. The molecule has 3 rings (SSSR count). The number of halogens is 1. The van der Waals surface area contributed by atoms with Crippen molar-refractivity contribution >= 4 is 5.97 Å². The molecule has 24 heavy (non-hydrogen) atoms. The Kier molecular flexibility index (Phi) is 4.65. The van der Waals surface area contributed by atoms with E-state index in [1.54, 1.807) is 19.1 Å². The topological polar surface area (TPSA) is 57.0 Å². The zero-order valence-electron chi connectivity index (χ0n) is 13.1. The first kappa shape index (κ1) is 15.9. The van der Waals surface area contributed by atoms with Crippen LogP contribution in [0, 0.1) is 5.82 Å². The van der Waals surface area contributed by atoms with E-state index in [-0.39, 0.29) is 18.1 Å². The number of esters is 1. The van der Waals surface area contributed by atoms with Crippen LogP contribution in [0.25, 0.3) is 11.3 Å². The number of benzene rings is 2. The van der Waals surface area contributed by atoms with Crippen LogP contribution in [-0.2, 0) is 11.3 Å². The third-order valence-electron chi connectivity index (χ3n) is 3.50. The number of ether oxygens (including phenoxy) is 1. The van der Waals surface area contributed by atoms with E-state index in [4.69, 9.17) is 4.74 Å². The molecular formula is C18H16FN3O2. The predicted octanol–water partition coefficient (Wildman–Crippen LogP) is 3.31. The van der Waals surface area contributed by atoms with Gasteiger partial charge in [0.25, 0.3) is 0 Å². The maximum absolute atomic E-state index is 13.1. The summed E-state index contributed by atoms with van der Waals surface area (Å²) in [4.78, 5) is 12.4.